The highest BCUT2D eigenvalue weighted by atomic mass is 28.3. The van der Waals surface area contributed by atoms with E-state index < -0.39 is 18.1 Å². The van der Waals surface area contributed by atoms with Crippen LogP contribution in [0.25, 0.3) is 5.57 Å². The molecule has 0 unspecified atom stereocenters. The van der Waals surface area contributed by atoms with Gasteiger partial charge in [-0.1, -0.05) is 72.4 Å². The molecular weight excluding hydrogens is 400 g/mol. The summed E-state index contributed by atoms with van der Waals surface area (Å²) >= 11 is 0. The Kier molecular flexibility index (Phi) is 7.47. The van der Waals surface area contributed by atoms with E-state index >= 15 is 0 Å². The predicted molar refractivity (Wildman–Crippen MR) is 135 cm³/mol. The molecule has 2 rings (SSSR count). The second-order valence-electron chi connectivity index (χ2n) is 10.4. The highest BCUT2D eigenvalue weighted by molar-refractivity contribution is 6.49. The first kappa shape index (κ1) is 24.5. The summed E-state index contributed by atoms with van der Waals surface area (Å²) in [4.78, 5) is 0. The lowest BCUT2D eigenvalue weighted by molar-refractivity contribution is 0.556. The Bertz CT molecular complexity index is 827. The molecule has 2 radical (unpaired) electrons. The molecule has 0 saturated carbocycles. The van der Waals surface area contributed by atoms with Crippen LogP contribution in [0.1, 0.15) is 63.8 Å². The van der Waals surface area contributed by atoms with Crippen LogP contribution < -0.4 is 8.85 Å². The zero-order valence-corrected chi connectivity index (χ0v) is 22.5. The van der Waals surface area contributed by atoms with Gasteiger partial charge in [-0.25, -0.2) is 0 Å². The number of rotatable bonds is 6. The minimum Gasteiger partial charge on any atom is -0.542 e. The van der Waals surface area contributed by atoms with Crippen LogP contribution in [0.3, 0.4) is 0 Å². The summed E-state index contributed by atoms with van der Waals surface area (Å²) in [5.41, 5.74) is 5.71. The van der Waals surface area contributed by atoms with Crippen molar-refractivity contribution in [3.05, 3.63) is 65.2 Å². The molecule has 0 amide bonds. The van der Waals surface area contributed by atoms with E-state index in [9.17, 15) is 0 Å². The van der Waals surface area contributed by atoms with Gasteiger partial charge in [0.2, 0.25) is 0 Å². The Morgan fingerprint density at radius 3 is 1.27 bits per heavy atom. The fourth-order valence-electron chi connectivity index (χ4n) is 3.23. The number of benzene rings is 2. The molecule has 2 aromatic rings. The van der Waals surface area contributed by atoms with Crippen molar-refractivity contribution in [3.63, 3.8) is 0 Å². The van der Waals surface area contributed by atoms with Crippen molar-refractivity contribution in [2.45, 2.75) is 78.6 Å². The molecule has 4 heteroatoms. The molecule has 0 atom stereocenters. The molecule has 162 valence electrons. The topological polar surface area (TPSA) is 18.5 Å². The van der Waals surface area contributed by atoms with Gasteiger partial charge in [-0.15, -0.1) is 0 Å². The summed E-state index contributed by atoms with van der Waals surface area (Å²) in [6.07, 6.45) is 0. The average molecular weight is 439 g/mol. The van der Waals surface area contributed by atoms with Crippen molar-refractivity contribution in [3.8, 4) is 11.5 Å². The molecule has 0 aliphatic carbocycles. The van der Waals surface area contributed by atoms with Crippen molar-refractivity contribution >= 4 is 23.7 Å². The van der Waals surface area contributed by atoms with Crippen LogP contribution in [0, 0.1) is 0 Å². The summed E-state index contributed by atoms with van der Waals surface area (Å²) in [5, 5.41) is 0. The van der Waals surface area contributed by atoms with Crippen LogP contribution in [0.5, 0.6) is 11.5 Å². The van der Waals surface area contributed by atoms with Gasteiger partial charge >= 0.3 is 0 Å². The zero-order valence-electron chi connectivity index (χ0n) is 20.5. The molecule has 2 nitrogen and oxygen atoms in total. The fourth-order valence-corrected chi connectivity index (χ4v) is 4.45. The molecule has 0 N–H and O–H groups in total. The van der Waals surface area contributed by atoms with Gasteiger partial charge in [-0.2, -0.15) is 0 Å². The van der Waals surface area contributed by atoms with Crippen LogP contribution in [0.2, 0.25) is 26.2 Å². The van der Waals surface area contributed by atoms with E-state index in [1.54, 1.807) is 0 Å². The van der Waals surface area contributed by atoms with Crippen molar-refractivity contribution < 1.29 is 8.85 Å². The zero-order chi connectivity index (χ0) is 22.9. The molecule has 0 aliphatic rings. The Morgan fingerprint density at radius 1 is 0.667 bits per heavy atom. The Labute approximate surface area is 187 Å². The van der Waals surface area contributed by atoms with Gasteiger partial charge in [0.1, 0.15) is 11.5 Å². The molecule has 0 spiro atoms. The van der Waals surface area contributed by atoms with E-state index in [1.165, 1.54) is 11.1 Å². The first-order valence-electron chi connectivity index (χ1n) is 10.6. The maximum atomic E-state index is 6.33. The second kappa shape index (κ2) is 9.15. The normalized spacial score (nSPS) is 12.4. The molecule has 2 aromatic carbocycles. The standard InChI is InChI=1S/C26H38O2Si2/c1-18(21-14-12-19(25(2,3)4)16-23(21)27-29(8)9)22-15-13-20(26(5,6)7)17-24(22)28-30(10)11/h12-17H,1H2,2-11H3. The molecule has 0 fully saturated rings. The maximum absolute atomic E-state index is 6.33. The predicted octanol–water partition coefficient (Wildman–Crippen LogP) is 7.60. The summed E-state index contributed by atoms with van der Waals surface area (Å²) in [7, 11) is -1.81. The fraction of sp³-hybridized carbons (Fsp3) is 0.462. The van der Waals surface area contributed by atoms with Crippen molar-refractivity contribution in [1.82, 2.24) is 0 Å². The van der Waals surface area contributed by atoms with E-state index in [0.717, 1.165) is 28.2 Å². The van der Waals surface area contributed by atoms with Crippen LogP contribution in [0.4, 0.5) is 0 Å². The Morgan fingerprint density at radius 2 is 1.00 bits per heavy atom. The first-order chi connectivity index (χ1) is 13.7. The van der Waals surface area contributed by atoms with E-state index in [2.05, 4.69) is 111 Å². The molecule has 0 saturated heterocycles. The van der Waals surface area contributed by atoms with Gasteiger partial charge < -0.3 is 8.85 Å². The van der Waals surface area contributed by atoms with Gasteiger partial charge in [0, 0.05) is 11.1 Å². The van der Waals surface area contributed by atoms with Gasteiger partial charge in [0.15, 0.2) is 0 Å². The summed E-state index contributed by atoms with van der Waals surface area (Å²) in [6.45, 7) is 26.5. The van der Waals surface area contributed by atoms with E-state index in [-0.39, 0.29) is 10.8 Å². The van der Waals surface area contributed by atoms with Gasteiger partial charge in [0.05, 0.1) is 0 Å². The molecule has 0 aromatic heterocycles. The molecule has 0 aliphatic heterocycles. The Hall–Kier alpha value is -1.79. The largest absolute Gasteiger partial charge is 0.542 e. The minimum absolute atomic E-state index is 0.0662. The third kappa shape index (κ3) is 6.11. The van der Waals surface area contributed by atoms with Crippen LogP contribution in [-0.4, -0.2) is 18.1 Å². The molecule has 0 heterocycles. The maximum Gasteiger partial charge on any atom is 0.274 e. The summed E-state index contributed by atoms with van der Waals surface area (Å²) in [6, 6.07) is 13.1. The molecular formula is C26H38O2Si2. The van der Waals surface area contributed by atoms with Gasteiger partial charge in [-0.3, -0.25) is 0 Å². The Balaban J connectivity index is 2.61. The lowest BCUT2D eigenvalue weighted by Crippen LogP contribution is -2.17. The van der Waals surface area contributed by atoms with Crippen LogP contribution >= 0.6 is 0 Å². The number of hydrogen-bond acceptors (Lipinski definition) is 2. The third-order valence-corrected chi connectivity index (χ3v) is 6.23. The summed E-state index contributed by atoms with van der Waals surface area (Å²) in [5.74, 6) is 1.85. The first-order valence-corrected chi connectivity index (χ1v) is 15.5. The van der Waals surface area contributed by atoms with Crippen molar-refractivity contribution in [2.24, 2.45) is 0 Å². The smallest absolute Gasteiger partial charge is 0.274 e. The summed E-state index contributed by atoms with van der Waals surface area (Å²) < 4.78 is 12.7. The molecule has 0 bridgehead atoms. The van der Waals surface area contributed by atoms with E-state index in [1.807, 2.05) is 0 Å². The van der Waals surface area contributed by atoms with E-state index in [0.29, 0.717) is 0 Å². The minimum atomic E-state index is -0.907. The van der Waals surface area contributed by atoms with Crippen molar-refractivity contribution in [1.29, 1.82) is 0 Å². The van der Waals surface area contributed by atoms with Gasteiger partial charge in [-0.05, 0) is 65.9 Å². The van der Waals surface area contributed by atoms with Crippen molar-refractivity contribution in [2.75, 3.05) is 0 Å². The van der Waals surface area contributed by atoms with E-state index in [4.69, 9.17) is 8.85 Å². The molecule has 30 heavy (non-hydrogen) atoms. The SMILES string of the molecule is C=C(c1ccc(C(C)(C)C)cc1O[Si](C)C)c1ccc(C(C)(C)C)cc1O[Si](C)C. The highest BCUT2D eigenvalue weighted by Gasteiger charge is 2.22. The average Bonchev–Trinajstić information content (AvgIpc) is 2.58. The van der Waals surface area contributed by atoms with Gasteiger partial charge in [0.25, 0.3) is 18.1 Å². The van der Waals surface area contributed by atoms with Crippen LogP contribution in [-0.2, 0) is 10.8 Å². The third-order valence-electron chi connectivity index (χ3n) is 4.97. The lowest BCUT2D eigenvalue weighted by Gasteiger charge is -2.25. The lowest BCUT2D eigenvalue weighted by atomic mass is 9.84. The number of hydrogen-bond donors (Lipinski definition) is 0. The quantitative estimate of drug-likeness (QED) is 0.432. The second-order valence-corrected chi connectivity index (χ2v) is 14.5. The monoisotopic (exact) mass is 438 g/mol. The highest BCUT2D eigenvalue weighted by Crippen LogP contribution is 2.39. The van der Waals surface area contributed by atoms with Crippen LogP contribution in [0.15, 0.2) is 43.0 Å².